The number of ether oxygens (including phenoxy) is 1. The van der Waals surface area contributed by atoms with Gasteiger partial charge in [-0.2, -0.15) is 0 Å². The third-order valence-electron chi connectivity index (χ3n) is 2.55. The number of halogens is 1. The highest BCUT2D eigenvalue weighted by Gasteiger charge is 2.08. The molecule has 0 saturated heterocycles. The number of hydroxylamine groups is 1. The molecule has 4 nitrogen and oxygen atoms in total. The number of nitrogens with one attached hydrogen (secondary N) is 2. The van der Waals surface area contributed by atoms with Gasteiger partial charge >= 0.3 is 0 Å². The molecule has 0 spiro atoms. The molecule has 0 amide bonds. The molecular formula is C11H13BrN2O2. The summed E-state index contributed by atoms with van der Waals surface area (Å²) in [4.78, 5) is 3.19. The average Bonchev–Trinajstić information content (AvgIpc) is 2.67. The van der Waals surface area contributed by atoms with Crippen LogP contribution in [0, 0.1) is 0 Å². The van der Waals surface area contributed by atoms with Crippen LogP contribution in [0.15, 0.2) is 22.8 Å². The van der Waals surface area contributed by atoms with Crippen molar-refractivity contribution < 1.29 is 9.94 Å². The van der Waals surface area contributed by atoms with Crippen LogP contribution in [0.5, 0.6) is 5.75 Å². The van der Waals surface area contributed by atoms with Gasteiger partial charge in [0.25, 0.3) is 0 Å². The lowest BCUT2D eigenvalue weighted by molar-refractivity contribution is 0.168. The van der Waals surface area contributed by atoms with Crippen molar-refractivity contribution in [1.82, 2.24) is 10.5 Å². The van der Waals surface area contributed by atoms with E-state index in [4.69, 9.17) is 9.94 Å². The number of benzene rings is 1. The van der Waals surface area contributed by atoms with Crippen LogP contribution in [0.25, 0.3) is 10.9 Å². The second-order valence-electron chi connectivity index (χ2n) is 3.50. The second kappa shape index (κ2) is 4.86. The van der Waals surface area contributed by atoms with Crippen molar-refractivity contribution in [2.24, 2.45) is 0 Å². The number of H-pyrrole nitrogens is 1. The van der Waals surface area contributed by atoms with Crippen molar-refractivity contribution in [3.8, 4) is 5.75 Å². The second-order valence-corrected chi connectivity index (χ2v) is 4.36. The highest BCUT2D eigenvalue weighted by molar-refractivity contribution is 9.10. The standard InChI is InChI=1S/C11H13BrN2O2/c1-16-11-4-8-7(2-3-14-15)6-13-10(8)5-9(11)12/h4-6,13-15H,2-3H2,1H3. The van der Waals surface area contributed by atoms with Crippen LogP contribution in [-0.2, 0) is 6.42 Å². The van der Waals surface area contributed by atoms with Gasteiger partial charge in [0, 0.05) is 23.6 Å². The highest BCUT2D eigenvalue weighted by Crippen LogP contribution is 2.31. The molecule has 0 atom stereocenters. The number of rotatable bonds is 4. The molecule has 0 fully saturated rings. The topological polar surface area (TPSA) is 57.3 Å². The van der Waals surface area contributed by atoms with Crippen molar-refractivity contribution in [2.45, 2.75) is 6.42 Å². The van der Waals surface area contributed by atoms with Crippen molar-refractivity contribution in [3.05, 3.63) is 28.4 Å². The van der Waals surface area contributed by atoms with Crippen molar-refractivity contribution in [2.75, 3.05) is 13.7 Å². The molecule has 0 aliphatic rings. The van der Waals surface area contributed by atoms with Crippen LogP contribution in [-0.4, -0.2) is 23.8 Å². The summed E-state index contributed by atoms with van der Waals surface area (Å²) in [6.45, 7) is 0.533. The van der Waals surface area contributed by atoms with Crippen molar-refractivity contribution in [1.29, 1.82) is 0 Å². The van der Waals surface area contributed by atoms with Crippen LogP contribution in [0.2, 0.25) is 0 Å². The summed E-state index contributed by atoms with van der Waals surface area (Å²) in [5.41, 5.74) is 4.37. The minimum atomic E-state index is 0.533. The molecule has 0 aliphatic carbocycles. The lowest BCUT2D eigenvalue weighted by atomic mass is 10.1. The van der Waals surface area contributed by atoms with Gasteiger partial charge < -0.3 is 14.9 Å². The zero-order chi connectivity index (χ0) is 11.5. The summed E-state index contributed by atoms with van der Waals surface area (Å²) in [5.74, 6) is 0.810. The molecule has 3 N–H and O–H groups in total. The van der Waals surface area contributed by atoms with Crippen LogP contribution in [0.3, 0.4) is 0 Å². The number of hydrogen-bond acceptors (Lipinski definition) is 3. The van der Waals surface area contributed by atoms with Gasteiger partial charge in [-0.05, 0) is 40.0 Å². The van der Waals surface area contributed by atoms with Crippen LogP contribution < -0.4 is 10.2 Å². The maximum atomic E-state index is 8.59. The van der Waals surface area contributed by atoms with Crippen molar-refractivity contribution >= 4 is 26.8 Å². The van der Waals surface area contributed by atoms with Gasteiger partial charge in [-0.3, -0.25) is 0 Å². The quantitative estimate of drug-likeness (QED) is 0.756. The molecule has 0 saturated carbocycles. The van der Waals surface area contributed by atoms with E-state index < -0.39 is 0 Å². The first-order chi connectivity index (χ1) is 7.76. The Morgan fingerprint density at radius 1 is 1.50 bits per heavy atom. The summed E-state index contributed by atoms with van der Waals surface area (Å²) in [6.07, 6.45) is 2.72. The SMILES string of the molecule is COc1cc2c(CCNO)c[nH]c2cc1Br. The van der Waals surface area contributed by atoms with Gasteiger partial charge in [0.1, 0.15) is 5.75 Å². The summed E-state index contributed by atoms with van der Waals surface area (Å²) < 4.78 is 6.18. The molecule has 86 valence electrons. The third-order valence-corrected chi connectivity index (χ3v) is 3.17. The summed E-state index contributed by atoms with van der Waals surface area (Å²) in [7, 11) is 1.65. The molecule has 1 heterocycles. The minimum Gasteiger partial charge on any atom is -0.496 e. The molecule has 0 unspecified atom stereocenters. The smallest absolute Gasteiger partial charge is 0.133 e. The fourth-order valence-corrected chi connectivity index (χ4v) is 2.24. The molecular weight excluding hydrogens is 272 g/mol. The van der Waals surface area contributed by atoms with E-state index in [0.717, 1.165) is 33.1 Å². The number of aromatic amines is 1. The Morgan fingerprint density at radius 2 is 2.31 bits per heavy atom. The summed E-state index contributed by atoms with van der Waals surface area (Å²) in [6, 6.07) is 3.98. The summed E-state index contributed by atoms with van der Waals surface area (Å²) in [5, 5.41) is 9.71. The van der Waals surface area contributed by atoms with Gasteiger partial charge in [-0.15, -0.1) is 0 Å². The van der Waals surface area contributed by atoms with E-state index >= 15 is 0 Å². The zero-order valence-electron chi connectivity index (χ0n) is 8.88. The number of fused-ring (bicyclic) bond motifs is 1. The van der Waals surface area contributed by atoms with Gasteiger partial charge in [0.2, 0.25) is 0 Å². The van der Waals surface area contributed by atoms with Gasteiger partial charge in [-0.25, -0.2) is 5.48 Å². The first kappa shape index (κ1) is 11.4. The van der Waals surface area contributed by atoms with Crippen LogP contribution >= 0.6 is 15.9 Å². The Labute approximate surface area is 102 Å². The molecule has 1 aromatic heterocycles. The Hall–Kier alpha value is -1.04. The lowest BCUT2D eigenvalue weighted by Crippen LogP contribution is -2.10. The number of hydrogen-bond donors (Lipinski definition) is 3. The third kappa shape index (κ3) is 2.07. The normalized spacial score (nSPS) is 10.9. The van der Waals surface area contributed by atoms with Gasteiger partial charge in [0.15, 0.2) is 0 Å². The fourth-order valence-electron chi connectivity index (χ4n) is 1.73. The molecule has 0 bridgehead atoms. The van der Waals surface area contributed by atoms with Crippen LogP contribution in [0.4, 0.5) is 0 Å². The Morgan fingerprint density at radius 3 is 3.00 bits per heavy atom. The van der Waals surface area contributed by atoms with E-state index in [1.807, 2.05) is 18.3 Å². The summed E-state index contributed by atoms with van der Waals surface area (Å²) >= 11 is 3.44. The fraction of sp³-hybridized carbons (Fsp3) is 0.273. The maximum Gasteiger partial charge on any atom is 0.133 e. The first-order valence-corrected chi connectivity index (χ1v) is 5.76. The number of aromatic nitrogens is 1. The van der Waals surface area contributed by atoms with E-state index in [9.17, 15) is 0 Å². The first-order valence-electron chi connectivity index (χ1n) is 4.96. The van der Waals surface area contributed by atoms with E-state index in [2.05, 4.69) is 26.4 Å². The molecule has 0 radical (unpaired) electrons. The lowest BCUT2D eigenvalue weighted by Gasteiger charge is -2.04. The monoisotopic (exact) mass is 284 g/mol. The van der Waals surface area contributed by atoms with Crippen LogP contribution in [0.1, 0.15) is 5.56 Å². The minimum absolute atomic E-state index is 0.533. The Kier molecular flexibility index (Phi) is 3.48. The van der Waals surface area contributed by atoms with E-state index in [1.54, 1.807) is 7.11 Å². The Balaban J connectivity index is 2.45. The van der Waals surface area contributed by atoms with E-state index in [0.29, 0.717) is 6.54 Å². The molecule has 1 aromatic carbocycles. The molecule has 2 rings (SSSR count). The molecule has 16 heavy (non-hydrogen) atoms. The predicted octanol–water partition coefficient (Wildman–Crippen LogP) is 2.46. The number of methoxy groups -OCH3 is 1. The van der Waals surface area contributed by atoms with E-state index in [1.165, 1.54) is 0 Å². The largest absolute Gasteiger partial charge is 0.496 e. The van der Waals surface area contributed by atoms with Gasteiger partial charge in [-0.1, -0.05) is 0 Å². The molecule has 0 aliphatic heterocycles. The highest BCUT2D eigenvalue weighted by atomic mass is 79.9. The maximum absolute atomic E-state index is 8.59. The van der Waals surface area contributed by atoms with E-state index in [-0.39, 0.29) is 0 Å². The predicted molar refractivity (Wildman–Crippen MR) is 66.0 cm³/mol. The Bertz CT molecular complexity index is 496. The van der Waals surface area contributed by atoms with Crippen molar-refractivity contribution in [3.63, 3.8) is 0 Å². The van der Waals surface area contributed by atoms with Gasteiger partial charge in [0.05, 0.1) is 11.6 Å². The zero-order valence-corrected chi connectivity index (χ0v) is 10.5. The average molecular weight is 285 g/mol. The molecule has 5 heteroatoms. The molecule has 2 aromatic rings.